The lowest BCUT2D eigenvalue weighted by Gasteiger charge is -2.51. The van der Waals surface area contributed by atoms with Crippen LogP contribution in [-0.2, 0) is 71.2 Å². The van der Waals surface area contributed by atoms with E-state index in [1.807, 2.05) is 48.5 Å². The molecule has 20 N–H and O–H groups in total. The summed E-state index contributed by atoms with van der Waals surface area (Å²) in [7, 11) is 0. The summed E-state index contributed by atoms with van der Waals surface area (Å²) in [6.07, 6.45) is -55.8. The zero-order chi connectivity index (χ0) is 68.9. The van der Waals surface area contributed by atoms with Gasteiger partial charge < -0.3 is 164 Å². The van der Waals surface area contributed by atoms with Crippen LogP contribution >= 0.6 is 0 Å². The van der Waals surface area contributed by atoms with E-state index in [1.54, 1.807) is 0 Å². The fourth-order valence-corrected chi connectivity index (χ4v) is 12.7. The number of amides is 2. The Morgan fingerprint density at radius 3 is 1.47 bits per heavy atom. The molecular weight excluding hydrogens is 1280 g/mol. The molecule has 36 nitrogen and oxygen atoms in total. The van der Waals surface area contributed by atoms with E-state index in [2.05, 4.69) is 10.6 Å². The van der Waals surface area contributed by atoms with Crippen molar-refractivity contribution in [2.45, 2.75) is 229 Å². The largest absolute Gasteiger partial charge is 0.480 e. The number of nitrogens with one attached hydrogen (secondary N) is 2. The van der Waals surface area contributed by atoms with Crippen molar-refractivity contribution >= 4 is 18.0 Å². The zero-order valence-corrected chi connectivity index (χ0v) is 51.2. The highest BCUT2D eigenvalue weighted by Gasteiger charge is 2.58. The van der Waals surface area contributed by atoms with E-state index in [9.17, 15) is 106 Å². The molecule has 1 aliphatic carbocycles. The topological polar surface area (TPSA) is 559 Å². The quantitative estimate of drug-likeness (QED) is 0.0389. The van der Waals surface area contributed by atoms with Crippen molar-refractivity contribution in [1.82, 2.24) is 10.6 Å². The molecule has 95 heavy (non-hydrogen) atoms. The Labute approximate surface area is 541 Å². The van der Waals surface area contributed by atoms with Crippen molar-refractivity contribution in [2.24, 2.45) is 0 Å². The first-order chi connectivity index (χ1) is 45.3. The van der Waals surface area contributed by atoms with Crippen LogP contribution in [0.4, 0.5) is 4.79 Å². The molecule has 0 unspecified atom stereocenters. The molecule has 536 valence electrons. The molecule has 9 rings (SSSR count). The molecule has 6 saturated heterocycles. The van der Waals surface area contributed by atoms with Crippen LogP contribution in [0, 0.1) is 0 Å². The lowest BCUT2D eigenvalue weighted by molar-refractivity contribution is -0.393. The molecule has 7 aliphatic rings. The van der Waals surface area contributed by atoms with Crippen molar-refractivity contribution in [3.05, 3.63) is 59.7 Å². The maximum Gasteiger partial charge on any atom is 0.407 e. The number of ether oxygens (including phenoxy) is 13. The molecule has 36 heteroatoms. The molecule has 6 fully saturated rings. The number of carboxylic acid groups (broad SMARTS) is 1. The van der Waals surface area contributed by atoms with Gasteiger partial charge in [-0.1, -0.05) is 48.5 Å². The minimum absolute atomic E-state index is 0.0483. The fourth-order valence-electron chi connectivity index (χ4n) is 12.7. The summed E-state index contributed by atoms with van der Waals surface area (Å²) < 4.78 is 75.1. The average molecular weight is 1370 g/mol. The summed E-state index contributed by atoms with van der Waals surface area (Å²) in [6, 6.07) is 12.2. The number of hydrogen-bond donors (Lipinski definition) is 20. The Morgan fingerprint density at radius 1 is 0.463 bits per heavy atom. The molecule has 2 aromatic rings. The normalized spacial score (nSPS) is 41.7. The van der Waals surface area contributed by atoms with Crippen LogP contribution in [0.15, 0.2) is 48.5 Å². The van der Waals surface area contributed by atoms with E-state index in [0.717, 1.165) is 29.2 Å². The van der Waals surface area contributed by atoms with Gasteiger partial charge in [-0.05, 0) is 48.4 Å². The molecular formula is C59H86N2O34. The molecule has 0 bridgehead atoms. The van der Waals surface area contributed by atoms with Gasteiger partial charge in [0, 0.05) is 19.4 Å². The Hall–Kier alpha value is -4.51. The molecule has 0 spiro atoms. The molecule has 6 aliphatic heterocycles. The van der Waals surface area contributed by atoms with E-state index < -0.39 is 241 Å². The second-order valence-electron chi connectivity index (χ2n) is 24.2. The van der Waals surface area contributed by atoms with Crippen LogP contribution in [0.25, 0.3) is 11.1 Å². The summed E-state index contributed by atoms with van der Waals surface area (Å²) >= 11 is 0. The minimum atomic E-state index is -2.26. The number of rotatable bonds is 26. The van der Waals surface area contributed by atoms with Crippen LogP contribution in [-0.4, -0.2) is 346 Å². The van der Waals surface area contributed by atoms with Gasteiger partial charge in [0.2, 0.25) is 5.91 Å². The molecule has 6 heterocycles. The molecule has 0 radical (unpaired) electrons. The zero-order valence-electron chi connectivity index (χ0n) is 51.2. The lowest BCUT2D eigenvalue weighted by atomic mass is 9.94. The SMILES string of the molecule is CC(=O)N[C@H]1[C@H](O[C@H]2[C@@H](O)[C@@H](CO)O[C@H](O[C@@H]3[C@H](O)[C@@H](O)[C@H](O[C@H]4[C@H](O)[C@@H](O)[C@H](OCCCC[C@H](NC(=O)OCC5c6ccccc6-c6ccccc65)C(=O)O)O[C@@H]4CO)O[C@@H]3CO)[C@@H]2O)O[C@H](CO)[C@H](O)[C@@H]1O[C@@H]1O[C@H](CO)[C@H](O)[C@H](O)[C@H]1O[C@@H]1O[C@@H](C)[C@@H](O)[C@@H](O)[C@@H]1O. The highest BCUT2D eigenvalue weighted by Crippen LogP contribution is 2.45. The average Bonchev–Trinajstić information content (AvgIpc) is 1.76. The number of aliphatic hydroxyl groups is 17. The Bertz CT molecular complexity index is 2750. The number of aliphatic carboxylic acids is 1. The smallest absolute Gasteiger partial charge is 0.407 e. The summed E-state index contributed by atoms with van der Waals surface area (Å²) in [4.78, 5) is 37.9. The van der Waals surface area contributed by atoms with Gasteiger partial charge in [-0.3, -0.25) is 4.79 Å². The monoisotopic (exact) mass is 1370 g/mol. The second kappa shape index (κ2) is 33.1. The van der Waals surface area contributed by atoms with E-state index >= 15 is 0 Å². The number of carbonyl (C=O) groups excluding carboxylic acids is 2. The fraction of sp³-hybridized carbons (Fsp3) is 0.746. The number of alkyl carbamates (subject to hydrolysis) is 1. The first-order valence-electron chi connectivity index (χ1n) is 31.0. The van der Waals surface area contributed by atoms with Gasteiger partial charge in [0.15, 0.2) is 37.7 Å². The number of carbonyl (C=O) groups is 3. The second-order valence-corrected chi connectivity index (χ2v) is 24.2. The molecule has 2 amide bonds. The molecule has 0 saturated carbocycles. The van der Waals surface area contributed by atoms with Crippen molar-refractivity contribution in [1.29, 1.82) is 0 Å². The highest BCUT2D eigenvalue weighted by atomic mass is 16.8. The molecule has 0 aromatic heterocycles. The predicted molar refractivity (Wildman–Crippen MR) is 307 cm³/mol. The third kappa shape index (κ3) is 16.4. The van der Waals surface area contributed by atoms with Gasteiger partial charge in [-0.15, -0.1) is 0 Å². The van der Waals surface area contributed by atoms with Crippen molar-refractivity contribution in [3.63, 3.8) is 0 Å². The van der Waals surface area contributed by atoms with E-state index in [1.165, 1.54) is 6.92 Å². The standard InChI is InChI=1S/C59H86N2O34/c1-21-35(68)39(72)43(76)55(85-21)95-51-40(73)36(69)29(15-62)88-58(51)93-49-34(60-22(2)67)53(86-30(16-63)37(49)70)94-50-38(71)31(17-64)87-57(46(50)79)92-48-33(19-66)90-56(45(78)42(48)75)91-47-32(18-65)89-54(44(77)41(47)74)83-14-8-7-13-28(52(80)81)61-59(82)84-20-27-25-11-5-3-9-23(25)24-10-4-6-12-26(24)27/h3-6,9-12,21,27-51,53-58,62-66,68-79H,7-8,13-20H2,1-2H3,(H,60,67)(H,61,82)(H,80,81)/t21-,28-,29+,30+,31+,32+,33+,34+,35+,36-,37-,38-,39+,40-,41+,42+,43-,44+,45+,46+,47+,48-,49+,50-,51+,53-,54+,55-,56-,57+,58-/m0/s1. The minimum Gasteiger partial charge on any atom is -0.480 e. The molecule has 31 atom stereocenters. The third-order valence-electron chi connectivity index (χ3n) is 17.9. The van der Waals surface area contributed by atoms with E-state index in [-0.39, 0.29) is 38.4 Å². The number of fused-ring (bicyclic) bond motifs is 3. The van der Waals surface area contributed by atoms with Gasteiger partial charge in [0.1, 0.15) is 153 Å². The predicted octanol–water partition coefficient (Wildman–Crippen LogP) is -8.74. The van der Waals surface area contributed by atoms with Crippen LogP contribution in [0.1, 0.15) is 50.2 Å². The first-order valence-corrected chi connectivity index (χ1v) is 31.0. The van der Waals surface area contributed by atoms with Gasteiger partial charge in [0.25, 0.3) is 0 Å². The summed E-state index contributed by atoms with van der Waals surface area (Å²) in [5.74, 6) is -2.48. The Balaban J connectivity index is 0.801. The lowest BCUT2D eigenvalue weighted by Crippen LogP contribution is -2.70. The molecule has 2 aromatic carbocycles. The maximum atomic E-state index is 12.9. The Morgan fingerprint density at radius 2 is 0.905 bits per heavy atom. The summed E-state index contributed by atoms with van der Waals surface area (Å²) in [5, 5.41) is 201. The van der Waals surface area contributed by atoms with Crippen LogP contribution in [0.2, 0.25) is 0 Å². The van der Waals surface area contributed by atoms with Gasteiger partial charge in [-0.25, -0.2) is 9.59 Å². The van der Waals surface area contributed by atoms with Gasteiger partial charge in [0.05, 0.1) is 39.1 Å². The van der Waals surface area contributed by atoms with Crippen molar-refractivity contribution in [3.8, 4) is 11.1 Å². The van der Waals surface area contributed by atoms with Gasteiger partial charge in [-0.2, -0.15) is 0 Å². The third-order valence-corrected chi connectivity index (χ3v) is 17.9. The number of carboxylic acids is 1. The number of aliphatic hydroxyl groups excluding tert-OH is 17. The van der Waals surface area contributed by atoms with Crippen molar-refractivity contribution < 1.29 is 168 Å². The van der Waals surface area contributed by atoms with Crippen LogP contribution in [0.3, 0.4) is 0 Å². The first kappa shape index (κ1) is 74.7. The highest BCUT2D eigenvalue weighted by molar-refractivity contribution is 5.81. The van der Waals surface area contributed by atoms with Crippen LogP contribution in [0.5, 0.6) is 0 Å². The van der Waals surface area contributed by atoms with Gasteiger partial charge >= 0.3 is 12.1 Å². The summed E-state index contributed by atoms with van der Waals surface area (Å²) in [5.41, 5.74) is 3.94. The van der Waals surface area contributed by atoms with Crippen molar-refractivity contribution in [2.75, 3.05) is 46.2 Å². The number of unbranched alkanes of at least 4 members (excludes halogenated alkanes) is 1. The summed E-state index contributed by atoms with van der Waals surface area (Å²) in [6.45, 7) is -2.97. The Kier molecular flexibility index (Phi) is 26.0. The maximum absolute atomic E-state index is 12.9. The van der Waals surface area contributed by atoms with E-state index in [0.29, 0.717) is 0 Å². The van der Waals surface area contributed by atoms with E-state index in [4.69, 9.17) is 61.6 Å². The van der Waals surface area contributed by atoms with Crippen LogP contribution < -0.4 is 10.6 Å². The number of hydrogen-bond acceptors (Lipinski definition) is 33. The number of benzene rings is 2.